The van der Waals surface area contributed by atoms with Crippen LogP contribution in [0.1, 0.15) is 15.9 Å². The summed E-state index contributed by atoms with van der Waals surface area (Å²) in [5.41, 5.74) is -1.63. The van der Waals surface area contributed by atoms with Gasteiger partial charge in [-0.1, -0.05) is 35.3 Å². The minimum Gasteiger partial charge on any atom is -0.502 e. The summed E-state index contributed by atoms with van der Waals surface area (Å²) >= 11 is 11.4. The molecule has 0 bridgehead atoms. The van der Waals surface area contributed by atoms with E-state index in [0.717, 1.165) is 6.07 Å². The molecule has 0 aromatic heterocycles. The van der Waals surface area contributed by atoms with Gasteiger partial charge in [-0.05, 0) is 24.3 Å². The number of carboxylic acid groups (broad SMARTS) is 1. The number of benzene rings is 2. The highest BCUT2D eigenvalue weighted by Gasteiger charge is 2.34. The van der Waals surface area contributed by atoms with Crippen LogP contribution in [0.3, 0.4) is 0 Å². The highest BCUT2D eigenvalue weighted by atomic mass is 35.5. The predicted octanol–water partition coefficient (Wildman–Crippen LogP) is 4.52. The molecule has 2 aromatic carbocycles. The maximum Gasteiger partial charge on any atom is 0.416 e. The Hall–Kier alpha value is -2.76. The fourth-order valence-corrected chi connectivity index (χ4v) is 4.46. The third kappa shape index (κ3) is 5.43. The first kappa shape index (κ1) is 23.5. The Morgan fingerprint density at radius 3 is 2.10 bits per heavy atom. The zero-order chi connectivity index (χ0) is 22.9. The summed E-state index contributed by atoms with van der Waals surface area (Å²) in [5.74, 6) is -3.91. The number of aliphatic carboxylic acids is 1. The molecule has 3 N–H and O–H groups in total. The molecule has 0 aliphatic heterocycles. The molecule has 0 amide bonds. The number of halogens is 5. The standard InChI is InChI=1S/C17H10Cl2F3NO6S/c18-11-5-9(17(20,21)22)6-12(19)15(11)30(28,29)23-10-3-1-2-8(4-10)13(24)7-14(25)16(26)27/h1-7,23,25H,(H,26,27)/b14-7-. The second kappa shape index (κ2) is 8.54. The summed E-state index contributed by atoms with van der Waals surface area (Å²) in [4.78, 5) is 21.7. The maximum absolute atomic E-state index is 12.8. The average molecular weight is 484 g/mol. The number of carbonyl (C=O) groups excluding carboxylic acids is 1. The van der Waals surface area contributed by atoms with E-state index in [1.807, 2.05) is 4.72 Å². The molecule has 0 radical (unpaired) electrons. The number of hydrogen-bond donors (Lipinski definition) is 3. The molecule has 0 spiro atoms. The van der Waals surface area contributed by atoms with Gasteiger partial charge in [-0.2, -0.15) is 13.2 Å². The van der Waals surface area contributed by atoms with Gasteiger partial charge in [0, 0.05) is 17.3 Å². The van der Waals surface area contributed by atoms with Crippen molar-refractivity contribution in [2.45, 2.75) is 11.1 Å². The molecule has 0 aliphatic carbocycles. The van der Waals surface area contributed by atoms with Crippen LogP contribution in [0.5, 0.6) is 0 Å². The molecule has 160 valence electrons. The van der Waals surface area contributed by atoms with Crippen molar-refractivity contribution in [2.24, 2.45) is 0 Å². The zero-order valence-electron chi connectivity index (χ0n) is 14.4. The van der Waals surface area contributed by atoms with E-state index in [9.17, 15) is 31.2 Å². The van der Waals surface area contributed by atoms with Gasteiger partial charge in [-0.25, -0.2) is 13.2 Å². The van der Waals surface area contributed by atoms with Crippen LogP contribution in [0, 0.1) is 0 Å². The Kier molecular flexibility index (Phi) is 6.70. The molecule has 13 heteroatoms. The van der Waals surface area contributed by atoms with E-state index in [1.165, 1.54) is 18.2 Å². The molecule has 0 saturated carbocycles. The van der Waals surface area contributed by atoms with Crippen LogP contribution in [-0.4, -0.2) is 30.4 Å². The number of anilines is 1. The highest BCUT2D eigenvalue weighted by Crippen LogP contribution is 2.38. The number of alkyl halides is 3. The van der Waals surface area contributed by atoms with Crippen LogP contribution in [-0.2, 0) is 21.0 Å². The molecule has 30 heavy (non-hydrogen) atoms. The molecule has 2 aromatic rings. The highest BCUT2D eigenvalue weighted by molar-refractivity contribution is 7.93. The van der Waals surface area contributed by atoms with Crippen LogP contribution in [0.2, 0.25) is 10.0 Å². The second-order valence-corrected chi connectivity index (χ2v) is 8.09. The first-order chi connectivity index (χ1) is 13.7. The SMILES string of the molecule is O=C(O)/C(O)=C/C(=O)c1cccc(NS(=O)(=O)c2c(Cl)cc(C(F)(F)F)cc2Cl)c1. The van der Waals surface area contributed by atoms with Crippen LogP contribution in [0.4, 0.5) is 18.9 Å². The van der Waals surface area contributed by atoms with Crippen molar-refractivity contribution in [1.82, 2.24) is 0 Å². The van der Waals surface area contributed by atoms with Gasteiger partial charge in [0.25, 0.3) is 10.0 Å². The lowest BCUT2D eigenvalue weighted by Gasteiger charge is -2.14. The van der Waals surface area contributed by atoms with Crippen molar-refractivity contribution < 1.29 is 41.4 Å². The van der Waals surface area contributed by atoms with Gasteiger partial charge in [-0.3, -0.25) is 9.52 Å². The number of carbonyl (C=O) groups is 2. The van der Waals surface area contributed by atoms with E-state index < -0.39 is 54.2 Å². The molecule has 0 heterocycles. The Morgan fingerprint density at radius 2 is 1.60 bits per heavy atom. The van der Waals surface area contributed by atoms with Gasteiger partial charge in [0.15, 0.2) is 5.78 Å². The topological polar surface area (TPSA) is 121 Å². The largest absolute Gasteiger partial charge is 0.502 e. The number of sulfonamides is 1. The van der Waals surface area contributed by atoms with Crippen molar-refractivity contribution in [3.63, 3.8) is 0 Å². The van der Waals surface area contributed by atoms with E-state index in [1.54, 1.807) is 0 Å². The van der Waals surface area contributed by atoms with Gasteiger partial charge >= 0.3 is 12.1 Å². The van der Waals surface area contributed by atoms with Crippen LogP contribution in [0.25, 0.3) is 0 Å². The summed E-state index contributed by atoms with van der Waals surface area (Å²) in [6.07, 6.45) is -4.38. The lowest BCUT2D eigenvalue weighted by molar-refractivity contribution is -0.137. The molecular weight excluding hydrogens is 474 g/mol. The number of ketones is 1. The number of rotatable bonds is 6. The molecular formula is C17H10Cl2F3NO6S. The van der Waals surface area contributed by atoms with Crippen LogP contribution < -0.4 is 4.72 Å². The number of aliphatic hydroxyl groups is 1. The summed E-state index contributed by atoms with van der Waals surface area (Å²) in [6.45, 7) is 0. The minimum atomic E-state index is -4.80. The van der Waals surface area contributed by atoms with Gasteiger partial charge < -0.3 is 10.2 Å². The molecule has 7 nitrogen and oxygen atoms in total. The van der Waals surface area contributed by atoms with E-state index in [-0.39, 0.29) is 11.3 Å². The number of allylic oxidation sites excluding steroid dienone is 1. The molecule has 0 fully saturated rings. The fraction of sp³-hybridized carbons (Fsp3) is 0.0588. The Morgan fingerprint density at radius 1 is 1.03 bits per heavy atom. The predicted molar refractivity (Wildman–Crippen MR) is 101 cm³/mol. The molecule has 0 atom stereocenters. The number of hydrogen-bond acceptors (Lipinski definition) is 5. The van der Waals surface area contributed by atoms with Crippen molar-refractivity contribution >= 4 is 50.7 Å². The Labute approximate surface area is 177 Å². The van der Waals surface area contributed by atoms with Gasteiger partial charge in [0.1, 0.15) is 4.90 Å². The number of aliphatic hydroxyl groups excluding tert-OH is 1. The number of nitrogens with one attached hydrogen (secondary N) is 1. The first-order valence-corrected chi connectivity index (χ1v) is 9.83. The van der Waals surface area contributed by atoms with E-state index in [4.69, 9.17) is 33.4 Å². The monoisotopic (exact) mass is 483 g/mol. The first-order valence-electron chi connectivity index (χ1n) is 7.60. The number of carboxylic acids is 1. The van der Waals surface area contributed by atoms with E-state index in [0.29, 0.717) is 18.2 Å². The van der Waals surface area contributed by atoms with Gasteiger partial charge in [0.05, 0.1) is 15.6 Å². The van der Waals surface area contributed by atoms with Crippen molar-refractivity contribution in [3.8, 4) is 0 Å². The van der Waals surface area contributed by atoms with Crippen molar-refractivity contribution in [2.75, 3.05) is 4.72 Å². The Balaban J connectivity index is 2.41. The average Bonchev–Trinajstić information content (AvgIpc) is 2.59. The quantitative estimate of drug-likeness (QED) is 0.315. The van der Waals surface area contributed by atoms with Crippen LogP contribution >= 0.6 is 23.2 Å². The lowest BCUT2D eigenvalue weighted by atomic mass is 10.1. The third-order valence-electron chi connectivity index (χ3n) is 3.48. The molecule has 2 rings (SSSR count). The fourth-order valence-electron chi connectivity index (χ4n) is 2.19. The van der Waals surface area contributed by atoms with Crippen molar-refractivity contribution in [1.29, 1.82) is 0 Å². The normalized spacial score (nSPS) is 12.5. The minimum absolute atomic E-state index is 0.187. The van der Waals surface area contributed by atoms with Crippen LogP contribution in [0.15, 0.2) is 53.1 Å². The Bertz CT molecular complexity index is 1140. The zero-order valence-corrected chi connectivity index (χ0v) is 16.7. The molecule has 0 aliphatic rings. The lowest BCUT2D eigenvalue weighted by Crippen LogP contribution is -2.15. The van der Waals surface area contributed by atoms with E-state index in [2.05, 4.69) is 0 Å². The van der Waals surface area contributed by atoms with Gasteiger partial charge in [0.2, 0.25) is 5.76 Å². The van der Waals surface area contributed by atoms with E-state index >= 15 is 0 Å². The summed E-state index contributed by atoms with van der Waals surface area (Å²) < 4.78 is 65.6. The molecule has 0 saturated heterocycles. The molecule has 0 unspecified atom stereocenters. The third-order valence-corrected chi connectivity index (χ3v) is 5.78. The summed E-state index contributed by atoms with van der Waals surface area (Å²) in [5, 5.41) is 16.2. The smallest absolute Gasteiger partial charge is 0.416 e. The summed E-state index contributed by atoms with van der Waals surface area (Å²) in [7, 11) is -4.57. The van der Waals surface area contributed by atoms with Crippen molar-refractivity contribution in [3.05, 3.63) is 69.4 Å². The summed E-state index contributed by atoms with van der Waals surface area (Å²) in [6, 6.07) is 5.48. The second-order valence-electron chi connectivity index (χ2n) is 5.65. The van der Waals surface area contributed by atoms with Gasteiger partial charge in [-0.15, -0.1) is 0 Å². The maximum atomic E-state index is 12.8.